The minimum Gasteiger partial charge on any atom is -0.355 e. The number of fused-ring (bicyclic) bond motifs is 1. The monoisotopic (exact) mass is 344 g/mol. The smallest absolute Gasteiger partial charge is 0.355 e. The third kappa shape index (κ3) is 4.03. The molecule has 4 nitrogen and oxygen atoms in total. The Morgan fingerprint density at radius 2 is 1.91 bits per heavy atom. The number of alkyl halides is 3. The Labute approximate surface area is 136 Å². The van der Waals surface area contributed by atoms with Crippen molar-refractivity contribution in [2.24, 2.45) is 0 Å². The molecule has 1 fully saturated rings. The molecule has 0 unspecified atom stereocenters. The number of aromatic nitrogens is 2. The number of benzene rings is 1. The summed E-state index contributed by atoms with van der Waals surface area (Å²) >= 11 is 5.98. The number of hydrogen-bond donors (Lipinski definition) is 0. The predicted molar refractivity (Wildman–Crippen MR) is 83.9 cm³/mol. The fourth-order valence-corrected chi connectivity index (χ4v) is 3.03. The van der Waals surface area contributed by atoms with Crippen molar-refractivity contribution in [2.45, 2.75) is 12.6 Å². The molecule has 0 N–H and O–H groups in total. The Kier molecular flexibility index (Phi) is 4.59. The van der Waals surface area contributed by atoms with Gasteiger partial charge in [0.2, 0.25) is 0 Å². The van der Waals surface area contributed by atoms with Crippen molar-refractivity contribution < 1.29 is 13.2 Å². The number of halogens is 4. The van der Waals surface area contributed by atoms with Crippen LogP contribution in [0, 0.1) is 0 Å². The maximum atomic E-state index is 12.6. The molecule has 0 atom stereocenters. The van der Waals surface area contributed by atoms with E-state index >= 15 is 0 Å². The molecule has 2 aromatic rings. The molecule has 1 aliphatic heterocycles. The predicted octanol–water partition coefficient (Wildman–Crippen LogP) is 3.36. The molecule has 0 aliphatic carbocycles. The average Bonchev–Trinajstić information content (AvgIpc) is 2.70. The molecular formula is C15H16ClF3N4. The van der Waals surface area contributed by atoms with Gasteiger partial charge in [0.05, 0.1) is 12.1 Å². The number of anilines is 1. The Bertz CT molecular complexity index is 692. The quantitative estimate of drug-likeness (QED) is 0.836. The molecule has 0 spiro atoms. The highest BCUT2D eigenvalue weighted by Crippen LogP contribution is 2.26. The van der Waals surface area contributed by atoms with Crippen molar-refractivity contribution in [1.82, 2.24) is 14.9 Å². The lowest BCUT2D eigenvalue weighted by Crippen LogP contribution is -2.37. The first-order chi connectivity index (χ1) is 10.9. The van der Waals surface area contributed by atoms with Gasteiger partial charge in [-0.1, -0.05) is 11.6 Å². The lowest BCUT2D eigenvalue weighted by Gasteiger charge is -2.24. The summed E-state index contributed by atoms with van der Waals surface area (Å²) in [5.41, 5.74) is 0.735. The molecule has 1 aromatic heterocycles. The van der Waals surface area contributed by atoms with Crippen molar-refractivity contribution >= 4 is 28.3 Å². The van der Waals surface area contributed by atoms with Crippen LogP contribution in [0.4, 0.5) is 19.0 Å². The molecular weight excluding hydrogens is 329 g/mol. The Balaban J connectivity index is 1.80. The first-order valence-electron chi connectivity index (χ1n) is 7.37. The zero-order valence-corrected chi connectivity index (χ0v) is 13.1. The number of rotatable bonds is 2. The van der Waals surface area contributed by atoms with Crippen LogP contribution in [0.2, 0.25) is 5.02 Å². The van der Waals surface area contributed by atoms with Gasteiger partial charge in [-0.05, 0) is 24.6 Å². The van der Waals surface area contributed by atoms with E-state index in [9.17, 15) is 13.2 Å². The van der Waals surface area contributed by atoms with Gasteiger partial charge in [0.1, 0.15) is 12.1 Å². The second-order valence-electron chi connectivity index (χ2n) is 5.59. The highest BCUT2D eigenvalue weighted by Gasteiger charge is 2.31. The first kappa shape index (κ1) is 16.3. The van der Waals surface area contributed by atoms with Gasteiger partial charge in [-0.15, -0.1) is 0 Å². The summed E-state index contributed by atoms with van der Waals surface area (Å²) in [6.45, 7) is 1.11. The zero-order valence-electron chi connectivity index (χ0n) is 12.4. The third-order valence-electron chi connectivity index (χ3n) is 3.87. The number of hydrogen-bond acceptors (Lipinski definition) is 4. The van der Waals surface area contributed by atoms with Crippen LogP contribution in [0.15, 0.2) is 24.5 Å². The van der Waals surface area contributed by atoms with Crippen LogP contribution in [0.5, 0.6) is 0 Å². The molecule has 1 saturated heterocycles. The summed E-state index contributed by atoms with van der Waals surface area (Å²) < 4.78 is 37.7. The fourth-order valence-electron chi connectivity index (χ4n) is 2.86. The molecule has 124 valence electrons. The molecule has 0 amide bonds. The van der Waals surface area contributed by atoms with E-state index in [4.69, 9.17) is 11.6 Å². The maximum Gasteiger partial charge on any atom is 0.401 e. The van der Waals surface area contributed by atoms with Crippen molar-refractivity contribution in [3.63, 3.8) is 0 Å². The number of nitrogens with zero attached hydrogens (tertiary/aromatic N) is 4. The molecule has 0 radical (unpaired) electrons. The average molecular weight is 345 g/mol. The summed E-state index contributed by atoms with van der Waals surface area (Å²) in [5, 5.41) is 1.45. The molecule has 1 aromatic carbocycles. The van der Waals surface area contributed by atoms with Crippen LogP contribution >= 0.6 is 11.6 Å². The van der Waals surface area contributed by atoms with Crippen LogP contribution in [-0.2, 0) is 0 Å². The summed E-state index contributed by atoms with van der Waals surface area (Å²) in [6, 6.07) is 5.38. The minimum atomic E-state index is -4.16. The molecule has 1 aliphatic rings. The van der Waals surface area contributed by atoms with Gasteiger partial charge in [-0.25, -0.2) is 9.97 Å². The van der Waals surface area contributed by atoms with Crippen LogP contribution in [0.25, 0.3) is 10.9 Å². The normalized spacial score (nSPS) is 17.5. The van der Waals surface area contributed by atoms with Crippen LogP contribution in [-0.4, -0.2) is 53.8 Å². The largest absolute Gasteiger partial charge is 0.401 e. The summed E-state index contributed by atoms with van der Waals surface area (Å²) in [5.74, 6) is 0.750. The second-order valence-corrected chi connectivity index (χ2v) is 6.03. The molecule has 8 heteroatoms. The first-order valence-corrected chi connectivity index (χ1v) is 7.74. The van der Waals surface area contributed by atoms with Gasteiger partial charge in [0, 0.05) is 36.6 Å². The highest BCUT2D eigenvalue weighted by atomic mass is 35.5. The van der Waals surface area contributed by atoms with E-state index < -0.39 is 12.7 Å². The van der Waals surface area contributed by atoms with Crippen molar-refractivity contribution in [1.29, 1.82) is 0 Å². The standard InChI is InChI=1S/C15H16ClF3N4/c16-11-2-3-12-13(8-11)20-10-21-14(12)23-5-1-4-22(6-7-23)9-15(17,18)19/h2-3,8,10H,1,4-7,9H2. The van der Waals surface area contributed by atoms with Gasteiger partial charge in [0.25, 0.3) is 0 Å². The van der Waals surface area contributed by atoms with Gasteiger partial charge >= 0.3 is 6.18 Å². The lowest BCUT2D eigenvalue weighted by molar-refractivity contribution is -0.145. The fraction of sp³-hybridized carbons (Fsp3) is 0.467. The van der Waals surface area contributed by atoms with Gasteiger partial charge < -0.3 is 4.90 Å². The zero-order chi connectivity index (χ0) is 16.4. The van der Waals surface area contributed by atoms with Crippen molar-refractivity contribution in [2.75, 3.05) is 37.6 Å². The molecule has 0 bridgehead atoms. The Hall–Kier alpha value is -1.60. The van der Waals surface area contributed by atoms with Gasteiger partial charge in [-0.2, -0.15) is 13.2 Å². The van der Waals surface area contributed by atoms with Crippen molar-refractivity contribution in [3.8, 4) is 0 Å². The Morgan fingerprint density at radius 1 is 1.09 bits per heavy atom. The van der Waals surface area contributed by atoms with Gasteiger partial charge in [-0.3, -0.25) is 4.90 Å². The van der Waals surface area contributed by atoms with Crippen LogP contribution in [0.1, 0.15) is 6.42 Å². The van der Waals surface area contributed by atoms with E-state index in [1.165, 1.54) is 11.2 Å². The second kappa shape index (κ2) is 6.49. The van der Waals surface area contributed by atoms with E-state index in [-0.39, 0.29) is 0 Å². The van der Waals surface area contributed by atoms with E-state index in [1.807, 2.05) is 11.0 Å². The third-order valence-corrected chi connectivity index (χ3v) is 4.10. The molecule has 23 heavy (non-hydrogen) atoms. The molecule has 2 heterocycles. The summed E-state index contributed by atoms with van der Waals surface area (Å²) in [4.78, 5) is 12.0. The van der Waals surface area contributed by atoms with E-state index in [2.05, 4.69) is 9.97 Å². The Morgan fingerprint density at radius 3 is 2.70 bits per heavy atom. The van der Waals surface area contributed by atoms with E-state index in [0.717, 1.165) is 16.7 Å². The SMILES string of the molecule is FC(F)(F)CN1CCCN(c2ncnc3cc(Cl)ccc23)CC1. The molecule has 3 rings (SSSR count). The minimum absolute atomic E-state index is 0.360. The lowest BCUT2D eigenvalue weighted by atomic mass is 10.2. The summed E-state index contributed by atoms with van der Waals surface area (Å²) in [7, 11) is 0. The van der Waals surface area contributed by atoms with Gasteiger partial charge in [0.15, 0.2) is 0 Å². The van der Waals surface area contributed by atoms with E-state index in [0.29, 0.717) is 37.6 Å². The summed E-state index contributed by atoms with van der Waals surface area (Å²) in [6.07, 6.45) is -2.03. The topological polar surface area (TPSA) is 32.3 Å². The highest BCUT2D eigenvalue weighted by molar-refractivity contribution is 6.31. The van der Waals surface area contributed by atoms with Crippen LogP contribution in [0.3, 0.4) is 0 Å². The van der Waals surface area contributed by atoms with Crippen LogP contribution < -0.4 is 4.90 Å². The van der Waals surface area contributed by atoms with E-state index in [1.54, 1.807) is 12.1 Å². The maximum absolute atomic E-state index is 12.6. The molecule has 0 saturated carbocycles. The van der Waals surface area contributed by atoms with Crippen molar-refractivity contribution in [3.05, 3.63) is 29.5 Å².